The van der Waals surface area contributed by atoms with Gasteiger partial charge in [0.15, 0.2) is 5.58 Å². The number of hydrogen-bond donors (Lipinski definition) is 0. The van der Waals surface area contributed by atoms with Crippen LogP contribution in [0.3, 0.4) is 0 Å². The van der Waals surface area contributed by atoms with Crippen LogP contribution in [-0.4, -0.2) is 53.7 Å². The van der Waals surface area contributed by atoms with E-state index in [1.54, 1.807) is 6.20 Å². The highest BCUT2D eigenvalue weighted by Gasteiger charge is 2.24. The smallest absolute Gasteiger partial charge is 0.175 e. The number of rotatable bonds is 10. The second kappa shape index (κ2) is 14.8. The van der Waals surface area contributed by atoms with E-state index in [1.807, 2.05) is 12.1 Å². The molecule has 2 fully saturated rings. The van der Waals surface area contributed by atoms with Crippen LogP contribution in [0.2, 0.25) is 5.02 Å². The Morgan fingerprint density at radius 2 is 1.78 bits per heavy atom. The third-order valence-electron chi connectivity index (χ3n) is 7.09. The molecule has 1 saturated carbocycles. The Balaban J connectivity index is 0.00000160. The quantitative estimate of drug-likeness (QED) is 0.257. The molecule has 206 valence electrons. The Kier molecular flexibility index (Phi) is 12.7. The number of fused-ring (bicyclic) bond motifs is 1. The van der Waals surface area contributed by atoms with Crippen LogP contribution in [0.5, 0.6) is 5.75 Å². The predicted octanol–water partition coefficient (Wildman–Crippen LogP) is 6.84. The van der Waals surface area contributed by atoms with Gasteiger partial charge in [0, 0.05) is 24.7 Å². The molecule has 1 saturated heterocycles. The number of benzene rings is 1. The number of aryl methyl sites for hydroxylation is 1. The molecule has 6 nitrogen and oxygen atoms in total. The van der Waals surface area contributed by atoms with Crippen molar-refractivity contribution in [3.8, 4) is 5.75 Å². The van der Waals surface area contributed by atoms with Crippen molar-refractivity contribution in [3.05, 3.63) is 52.4 Å². The van der Waals surface area contributed by atoms with Gasteiger partial charge in [0.1, 0.15) is 5.75 Å². The minimum absolute atomic E-state index is 0. The van der Waals surface area contributed by atoms with Crippen molar-refractivity contribution in [2.75, 3.05) is 33.8 Å². The van der Waals surface area contributed by atoms with Crippen LogP contribution in [0.1, 0.15) is 49.1 Å². The third-order valence-corrected chi connectivity index (χ3v) is 7.32. The molecule has 10 heteroatoms. The van der Waals surface area contributed by atoms with Crippen LogP contribution >= 0.6 is 48.8 Å². The minimum atomic E-state index is 0. The number of hydrogen-bond acceptors (Lipinski definition) is 6. The van der Waals surface area contributed by atoms with E-state index in [-0.39, 0.29) is 37.2 Å². The molecule has 3 aromatic rings. The van der Waals surface area contributed by atoms with Gasteiger partial charge in [-0.25, -0.2) is 0 Å². The normalized spacial score (nSPS) is 16.2. The first-order valence-electron chi connectivity index (χ1n) is 12.6. The number of pyridine rings is 1. The Bertz CT molecular complexity index is 1100. The fraction of sp³-hybridized carbons (Fsp3) is 0.556. The predicted molar refractivity (Wildman–Crippen MR) is 157 cm³/mol. The lowest BCUT2D eigenvalue weighted by Gasteiger charge is -2.31. The second-order valence-electron chi connectivity index (χ2n) is 10.3. The number of piperidine rings is 1. The molecular weight excluding hydrogens is 554 g/mol. The van der Waals surface area contributed by atoms with E-state index in [0.717, 1.165) is 91.1 Å². The highest BCUT2D eigenvalue weighted by atomic mass is 35.5. The lowest BCUT2D eigenvalue weighted by atomic mass is 9.91. The van der Waals surface area contributed by atoms with Gasteiger partial charge in [-0.05, 0) is 102 Å². The molecule has 0 atom stereocenters. The van der Waals surface area contributed by atoms with Crippen molar-refractivity contribution in [2.24, 2.45) is 11.8 Å². The molecule has 2 aliphatic rings. The van der Waals surface area contributed by atoms with Crippen LogP contribution in [-0.2, 0) is 19.5 Å². The van der Waals surface area contributed by atoms with Gasteiger partial charge in [0.05, 0.1) is 28.6 Å². The molecule has 0 amide bonds. The van der Waals surface area contributed by atoms with Crippen molar-refractivity contribution in [3.63, 3.8) is 0 Å². The standard InChI is InChI=1S/C27H35ClN4O2.3ClH/c1-31(2)17-24-26(33-18-20-3-4-20)10-8-23-25(30-34-27(23)24)9-5-19-11-13-32(14-12-19)16-22-7-6-21(28)15-29-22;;;/h6-8,10,15,19-20H,3-5,9,11-14,16-18H2,1-2H3;3*1H. The topological polar surface area (TPSA) is 54.6 Å². The van der Waals surface area contributed by atoms with Gasteiger partial charge < -0.3 is 14.2 Å². The Morgan fingerprint density at radius 3 is 2.43 bits per heavy atom. The summed E-state index contributed by atoms with van der Waals surface area (Å²) in [6.07, 6.45) is 8.85. The monoisotopic (exact) mass is 590 g/mol. The van der Waals surface area contributed by atoms with Crippen LogP contribution in [0.15, 0.2) is 35.0 Å². The van der Waals surface area contributed by atoms with Crippen LogP contribution in [0.4, 0.5) is 0 Å². The highest BCUT2D eigenvalue weighted by Crippen LogP contribution is 2.35. The zero-order chi connectivity index (χ0) is 23.5. The second-order valence-corrected chi connectivity index (χ2v) is 10.7. The van der Waals surface area contributed by atoms with Gasteiger partial charge in [0.25, 0.3) is 0 Å². The van der Waals surface area contributed by atoms with E-state index in [9.17, 15) is 0 Å². The lowest BCUT2D eigenvalue weighted by Crippen LogP contribution is -2.33. The molecule has 0 bridgehead atoms. The van der Waals surface area contributed by atoms with Gasteiger partial charge in [-0.2, -0.15) is 0 Å². The van der Waals surface area contributed by atoms with Gasteiger partial charge in [-0.15, -0.1) is 37.2 Å². The summed E-state index contributed by atoms with van der Waals surface area (Å²) in [7, 11) is 4.16. The summed E-state index contributed by atoms with van der Waals surface area (Å²) < 4.78 is 12.1. The van der Waals surface area contributed by atoms with Gasteiger partial charge in [-0.1, -0.05) is 16.8 Å². The van der Waals surface area contributed by atoms with Crippen molar-refractivity contribution in [1.82, 2.24) is 19.9 Å². The number of aromatic nitrogens is 2. The van der Waals surface area contributed by atoms with Crippen molar-refractivity contribution < 1.29 is 9.26 Å². The largest absolute Gasteiger partial charge is 0.493 e. The molecule has 3 heterocycles. The zero-order valence-electron chi connectivity index (χ0n) is 21.5. The summed E-state index contributed by atoms with van der Waals surface area (Å²) >= 11 is 5.96. The molecule has 5 rings (SSSR count). The van der Waals surface area contributed by atoms with E-state index < -0.39 is 0 Å². The zero-order valence-corrected chi connectivity index (χ0v) is 24.7. The number of ether oxygens (including phenoxy) is 1. The molecule has 2 aromatic heterocycles. The number of likely N-dealkylation sites (tertiary alicyclic amines) is 1. The van der Waals surface area contributed by atoms with Crippen molar-refractivity contribution >= 4 is 59.8 Å². The van der Waals surface area contributed by atoms with E-state index in [0.29, 0.717) is 5.02 Å². The molecular formula is C27H38Cl4N4O2. The van der Waals surface area contributed by atoms with Gasteiger partial charge in [0.2, 0.25) is 0 Å². The summed E-state index contributed by atoms with van der Waals surface area (Å²) in [5, 5.41) is 6.33. The molecule has 1 aromatic carbocycles. The summed E-state index contributed by atoms with van der Waals surface area (Å²) in [5.74, 6) is 2.39. The molecule has 37 heavy (non-hydrogen) atoms. The van der Waals surface area contributed by atoms with E-state index in [4.69, 9.17) is 20.9 Å². The maximum absolute atomic E-state index is 6.16. The first-order valence-corrected chi connectivity index (χ1v) is 12.9. The maximum atomic E-state index is 6.16. The van der Waals surface area contributed by atoms with Crippen LogP contribution in [0, 0.1) is 11.8 Å². The van der Waals surface area contributed by atoms with Gasteiger partial charge >= 0.3 is 0 Å². The summed E-state index contributed by atoms with van der Waals surface area (Å²) in [6, 6.07) is 8.21. The summed E-state index contributed by atoms with van der Waals surface area (Å²) in [5.41, 5.74) is 4.18. The van der Waals surface area contributed by atoms with E-state index in [1.165, 1.54) is 25.7 Å². The molecule has 0 unspecified atom stereocenters. The Labute approximate surface area is 243 Å². The Morgan fingerprint density at radius 1 is 1.03 bits per heavy atom. The fourth-order valence-corrected chi connectivity index (χ4v) is 4.98. The average Bonchev–Trinajstić information content (AvgIpc) is 3.57. The van der Waals surface area contributed by atoms with Crippen LogP contribution < -0.4 is 4.74 Å². The van der Waals surface area contributed by atoms with Gasteiger partial charge in [-0.3, -0.25) is 9.88 Å². The maximum Gasteiger partial charge on any atom is 0.175 e. The first kappa shape index (κ1) is 31.9. The van der Waals surface area contributed by atoms with Crippen LogP contribution in [0.25, 0.3) is 11.0 Å². The SMILES string of the molecule is CN(C)Cc1c(OCC2CC2)ccc2c(CCC3CCN(Cc4ccc(Cl)cn4)CC3)noc12.Cl.Cl.Cl. The molecule has 0 radical (unpaired) electrons. The Hall–Kier alpha value is -1.28. The molecule has 0 spiro atoms. The van der Waals surface area contributed by atoms with Crippen molar-refractivity contribution in [2.45, 2.75) is 51.6 Å². The summed E-state index contributed by atoms with van der Waals surface area (Å²) in [4.78, 5) is 9.10. The molecule has 1 aliphatic heterocycles. The average molecular weight is 592 g/mol. The first-order chi connectivity index (χ1) is 16.5. The third kappa shape index (κ3) is 8.61. The van der Waals surface area contributed by atoms with E-state index >= 15 is 0 Å². The minimum Gasteiger partial charge on any atom is -0.493 e. The lowest BCUT2D eigenvalue weighted by molar-refractivity contribution is 0.170. The number of nitrogens with zero attached hydrogens (tertiary/aromatic N) is 4. The summed E-state index contributed by atoms with van der Waals surface area (Å²) in [6.45, 7) is 4.72. The molecule has 0 N–H and O–H groups in total. The number of halogens is 4. The molecule has 1 aliphatic carbocycles. The fourth-order valence-electron chi connectivity index (χ4n) is 4.87. The van der Waals surface area contributed by atoms with Crippen molar-refractivity contribution in [1.29, 1.82) is 0 Å². The highest BCUT2D eigenvalue weighted by molar-refractivity contribution is 6.30. The van der Waals surface area contributed by atoms with E-state index in [2.05, 4.69) is 46.2 Å².